The molecule has 0 fully saturated rings. The number of ether oxygens (including phenoxy) is 4. The largest absolute Gasteiger partial charge is 0.508 e. The summed E-state index contributed by atoms with van der Waals surface area (Å²) in [7, 11) is 0. The molecule has 0 aliphatic carbocycles. The van der Waals surface area contributed by atoms with Gasteiger partial charge in [-0.05, 0) is 117 Å². The summed E-state index contributed by atoms with van der Waals surface area (Å²) < 4.78 is 23.7. The topological polar surface area (TPSA) is 103 Å². The van der Waals surface area contributed by atoms with Crippen molar-refractivity contribution in [1.29, 1.82) is 0 Å². The van der Waals surface area contributed by atoms with Gasteiger partial charge < -0.3 is 18.9 Å². The summed E-state index contributed by atoms with van der Waals surface area (Å²) in [5.74, 6) is 1.40. The van der Waals surface area contributed by atoms with Gasteiger partial charge in [-0.15, -0.1) is 33.8 Å². The second kappa shape index (κ2) is 18.1. The van der Waals surface area contributed by atoms with Gasteiger partial charge >= 0.3 is 6.16 Å². The summed E-state index contributed by atoms with van der Waals surface area (Å²) in [5.41, 5.74) is -2.58. The zero-order valence-electron chi connectivity index (χ0n) is 33.0. The predicted octanol–water partition coefficient (Wildman–Crippen LogP) is 12.6. The van der Waals surface area contributed by atoms with Gasteiger partial charge in [-0.2, -0.15) is 10.2 Å². The summed E-state index contributed by atoms with van der Waals surface area (Å²) in [4.78, 5) is 14.8. The van der Waals surface area contributed by atoms with Crippen molar-refractivity contribution >= 4 is 29.7 Å². The van der Waals surface area contributed by atoms with Crippen LogP contribution in [0.15, 0.2) is 78.8 Å². The van der Waals surface area contributed by atoms with Gasteiger partial charge in [0.05, 0.1) is 24.3 Å². The summed E-state index contributed by atoms with van der Waals surface area (Å²) in [6.45, 7) is 29.2. The average Bonchev–Trinajstić information content (AvgIpc) is 2.96. The van der Waals surface area contributed by atoms with Gasteiger partial charge in [0.25, 0.3) is 0 Å². The van der Waals surface area contributed by atoms with E-state index in [1.807, 2.05) is 79.7 Å². The molecule has 2 aromatic carbocycles. The molecule has 0 amide bonds. The molecule has 11 heteroatoms. The van der Waals surface area contributed by atoms with Gasteiger partial charge in [0.15, 0.2) is 0 Å². The maximum absolute atomic E-state index is 12.5. The van der Waals surface area contributed by atoms with Crippen molar-refractivity contribution < 1.29 is 23.7 Å². The molecule has 0 aromatic heterocycles. The summed E-state index contributed by atoms with van der Waals surface area (Å²) in [6.07, 6.45) is 1.28. The fraction of sp³-hybridized carbons (Fsp3) is 0.667. The molecule has 0 saturated carbocycles. The first-order chi connectivity index (χ1) is 22.8. The summed E-state index contributed by atoms with van der Waals surface area (Å²) >= 11 is 3.60. The lowest BCUT2D eigenvalue weighted by molar-refractivity contribution is 0.0312. The van der Waals surface area contributed by atoms with Gasteiger partial charge in [-0.25, -0.2) is 4.79 Å². The molecule has 2 aromatic rings. The third-order valence-electron chi connectivity index (χ3n) is 6.30. The smallest absolute Gasteiger partial charge is 0.465 e. The number of azo groups is 2. The maximum Gasteiger partial charge on any atom is 0.508 e. The lowest BCUT2D eigenvalue weighted by Gasteiger charge is -2.27. The summed E-state index contributed by atoms with van der Waals surface area (Å²) in [6, 6.07) is 16.0. The van der Waals surface area contributed by atoms with Crippen LogP contribution in [0.25, 0.3) is 0 Å². The predicted molar refractivity (Wildman–Crippen MR) is 207 cm³/mol. The Balaban J connectivity index is 1.92. The monoisotopic (exact) mass is 730 g/mol. The molecule has 0 aliphatic rings. The molecule has 0 N–H and O–H groups in total. The van der Waals surface area contributed by atoms with Crippen molar-refractivity contribution in [3.63, 3.8) is 0 Å². The minimum atomic E-state index is -0.933. The standard InChI is InChI=1S/C39H62N4O5S2/c1-34(2,3)40-42-38(13,47-29-17-21-31(22-18-29)49-36(7,8)9)25-15-27-45-33(44)46-28-16-26-39(14,43-41-35(4,5)6)48-30-19-23-32(24-20-30)50-37(10,11)12/h17-24H,15-16,25-28H2,1-14H3. The van der Waals surface area contributed by atoms with Crippen LogP contribution in [0.3, 0.4) is 0 Å². The molecule has 2 unspecified atom stereocenters. The molecule has 2 rings (SSSR count). The quantitative estimate of drug-likeness (QED) is 0.0733. The van der Waals surface area contributed by atoms with Crippen molar-refractivity contribution in [2.24, 2.45) is 20.5 Å². The van der Waals surface area contributed by atoms with E-state index in [2.05, 4.69) is 86.3 Å². The first-order valence-electron chi connectivity index (χ1n) is 17.5. The van der Waals surface area contributed by atoms with E-state index in [1.165, 1.54) is 9.79 Å². The van der Waals surface area contributed by atoms with Crippen LogP contribution < -0.4 is 9.47 Å². The zero-order valence-corrected chi connectivity index (χ0v) is 34.6. The number of nitrogens with zero attached hydrogens (tertiary/aromatic N) is 4. The normalized spacial score (nSPS) is 15.5. The lowest BCUT2D eigenvalue weighted by atomic mass is 10.1. The number of thioether (sulfide) groups is 2. The zero-order chi connectivity index (χ0) is 37.9. The Morgan fingerprint density at radius 3 is 1.12 bits per heavy atom. The lowest BCUT2D eigenvalue weighted by Crippen LogP contribution is -2.31. The Hall–Kier alpha value is -2.79. The van der Waals surface area contributed by atoms with Crippen LogP contribution in [0.2, 0.25) is 0 Å². The van der Waals surface area contributed by atoms with Crippen molar-refractivity contribution in [3.05, 3.63) is 48.5 Å². The molecule has 2 atom stereocenters. The van der Waals surface area contributed by atoms with Crippen LogP contribution in [0.1, 0.15) is 123 Å². The SMILES string of the molecule is CC(C)(C)N=NC(C)(CCCOC(=O)OCCCC(C)(N=NC(C)(C)C)Oc1ccc(SC(C)(C)C)cc1)Oc1ccc(SC(C)(C)C)cc1. The first kappa shape index (κ1) is 43.4. The van der Waals surface area contributed by atoms with E-state index in [1.54, 1.807) is 23.5 Å². The van der Waals surface area contributed by atoms with Crippen molar-refractivity contribution in [3.8, 4) is 11.5 Å². The number of hydrogen-bond acceptors (Lipinski definition) is 11. The highest BCUT2D eigenvalue weighted by Crippen LogP contribution is 2.35. The number of hydrogen-bond donors (Lipinski definition) is 0. The van der Waals surface area contributed by atoms with Crippen molar-refractivity contribution in [2.45, 2.75) is 164 Å². The second-order valence-corrected chi connectivity index (χ2v) is 20.6. The molecular formula is C39H62N4O5S2. The second-order valence-electron chi connectivity index (χ2n) is 16.8. The fourth-order valence-corrected chi connectivity index (χ4v) is 6.23. The fourth-order valence-electron chi connectivity index (χ4n) is 4.27. The molecule has 9 nitrogen and oxygen atoms in total. The first-order valence-corrected chi connectivity index (χ1v) is 19.1. The molecule has 0 radical (unpaired) electrons. The Kier molecular flexibility index (Phi) is 15.7. The maximum atomic E-state index is 12.5. The van der Waals surface area contributed by atoms with E-state index >= 15 is 0 Å². The molecular weight excluding hydrogens is 669 g/mol. The Bertz CT molecular complexity index is 1280. The highest BCUT2D eigenvalue weighted by Gasteiger charge is 2.29. The molecule has 0 bridgehead atoms. The number of carbonyl (C=O) groups is 1. The van der Waals surface area contributed by atoms with Crippen molar-refractivity contribution in [2.75, 3.05) is 13.2 Å². The highest BCUT2D eigenvalue weighted by molar-refractivity contribution is 8.00. The average molecular weight is 731 g/mol. The van der Waals surface area contributed by atoms with E-state index in [0.29, 0.717) is 37.2 Å². The Morgan fingerprint density at radius 1 is 0.520 bits per heavy atom. The Labute approximate surface area is 310 Å². The summed E-state index contributed by atoms with van der Waals surface area (Å²) in [5, 5.41) is 18.1. The van der Waals surface area contributed by atoms with E-state index in [9.17, 15) is 4.79 Å². The van der Waals surface area contributed by atoms with Crippen LogP contribution in [-0.2, 0) is 9.47 Å². The van der Waals surface area contributed by atoms with E-state index in [4.69, 9.17) is 18.9 Å². The third kappa shape index (κ3) is 19.6. The van der Waals surface area contributed by atoms with Crippen LogP contribution in [0, 0.1) is 0 Å². The molecule has 0 spiro atoms. The number of carbonyl (C=O) groups excluding carboxylic acids is 1. The molecule has 50 heavy (non-hydrogen) atoms. The highest BCUT2D eigenvalue weighted by atomic mass is 32.2. The molecule has 0 heterocycles. The molecule has 280 valence electrons. The van der Waals surface area contributed by atoms with E-state index in [-0.39, 0.29) is 33.8 Å². The van der Waals surface area contributed by atoms with Crippen LogP contribution in [-0.4, -0.2) is 51.4 Å². The van der Waals surface area contributed by atoms with E-state index in [0.717, 1.165) is 0 Å². The van der Waals surface area contributed by atoms with Crippen molar-refractivity contribution in [1.82, 2.24) is 0 Å². The van der Waals surface area contributed by atoms with E-state index < -0.39 is 17.6 Å². The van der Waals surface area contributed by atoms with Gasteiger partial charge in [0, 0.05) is 32.1 Å². The number of rotatable bonds is 16. The van der Waals surface area contributed by atoms with Crippen LogP contribution in [0.5, 0.6) is 11.5 Å². The minimum absolute atomic E-state index is 0.116. The minimum Gasteiger partial charge on any atom is -0.465 e. The van der Waals surface area contributed by atoms with Gasteiger partial charge in [-0.3, -0.25) is 0 Å². The molecule has 0 aliphatic heterocycles. The van der Waals surface area contributed by atoms with Crippen LogP contribution >= 0.6 is 23.5 Å². The van der Waals surface area contributed by atoms with Gasteiger partial charge in [0.2, 0.25) is 11.4 Å². The van der Waals surface area contributed by atoms with Gasteiger partial charge in [0.1, 0.15) is 11.5 Å². The Morgan fingerprint density at radius 2 is 0.840 bits per heavy atom. The third-order valence-corrected chi connectivity index (χ3v) is 8.54. The molecule has 0 saturated heterocycles. The number of benzene rings is 2. The van der Waals surface area contributed by atoms with Gasteiger partial charge in [-0.1, -0.05) is 41.5 Å². The van der Waals surface area contributed by atoms with Crippen LogP contribution in [0.4, 0.5) is 4.79 Å².